The van der Waals surface area contributed by atoms with Crippen molar-refractivity contribution in [2.45, 2.75) is 26.7 Å². The van der Waals surface area contributed by atoms with Crippen molar-refractivity contribution in [3.8, 4) is 0 Å². The maximum absolute atomic E-state index is 13.1. The smallest absolute Gasteiger partial charge is 0.308 e. The molecule has 0 aromatic heterocycles. The summed E-state index contributed by atoms with van der Waals surface area (Å²) in [6.07, 6.45) is 2.47. The van der Waals surface area contributed by atoms with E-state index < -0.39 is 0 Å². The molecule has 0 amide bonds. The van der Waals surface area contributed by atoms with Gasteiger partial charge in [0.05, 0.1) is 25.4 Å². The lowest BCUT2D eigenvalue weighted by atomic mass is 10.1. The van der Waals surface area contributed by atoms with Crippen LogP contribution in [-0.2, 0) is 9.53 Å². The Morgan fingerprint density at radius 1 is 1.69 bits per heavy atom. The molecule has 0 aliphatic rings. The Balaban J connectivity index is 0. The van der Waals surface area contributed by atoms with Crippen LogP contribution in [0.5, 0.6) is 0 Å². The quantitative estimate of drug-likeness (QED) is 0.433. The van der Waals surface area contributed by atoms with Crippen LogP contribution in [0.4, 0.5) is 4.39 Å². The van der Waals surface area contributed by atoms with Crippen molar-refractivity contribution in [1.29, 1.82) is 0 Å². The number of ether oxygens (including phenoxy) is 1. The van der Waals surface area contributed by atoms with Gasteiger partial charge >= 0.3 is 5.97 Å². The van der Waals surface area contributed by atoms with Gasteiger partial charge in [-0.15, -0.1) is 0 Å². The summed E-state index contributed by atoms with van der Waals surface area (Å²) in [5.74, 6) is -0.466. The number of allylic oxidation sites excluding steroid dienone is 1. The highest BCUT2D eigenvalue weighted by Crippen LogP contribution is 2.10. The first-order valence-corrected chi connectivity index (χ1v) is 5.16. The van der Waals surface area contributed by atoms with Crippen LogP contribution < -0.4 is 5.73 Å². The second-order valence-corrected chi connectivity index (χ2v) is 3.61. The molecule has 0 saturated heterocycles. The van der Waals surface area contributed by atoms with Gasteiger partial charge in [0.2, 0.25) is 0 Å². The van der Waals surface area contributed by atoms with Crippen LogP contribution in [0.3, 0.4) is 0 Å². The van der Waals surface area contributed by atoms with Crippen molar-refractivity contribution in [3.63, 3.8) is 0 Å². The number of rotatable bonds is 6. The van der Waals surface area contributed by atoms with Crippen LogP contribution >= 0.6 is 0 Å². The number of amidine groups is 1. The van der Waals surface area contributed by atoms with Crippen LogP contribution in [0.25, 0.3) is 0 Å². The summed E-state index contributed by atoms with van der Waals surface area (Å²) >= 11 is 0. The largest absolute Gasteiger partial charge is 0.469 e. The van der Waals surface area contributed by atoms with Gasteiger partial charge in [-0.2, -0.15) is 0 Å². The van der Waals surface area contributed by atoms with Crippen molar-refractivity contribution in [2.75, 3.05) is 13.7 Å². The minimum Gasteiger partial charge on any atom is -0.469 e. The molecule has 0 unspecified atom stereocenters. The van der Waals surface area contributed by atoms with Gasteiger partial charge in [-0.25, -0.2) is 4.39 Å². The third-order valence-corrected chi connectivity index (χ3v) is 2.05. The van der Waals surface area contributed by atoms with E-state index in [1.807, 2.05) is 0 Å². The van der Waals surface area contributed by atoms with Crippen LogP contribution in [0.2, 0.25) is 0 Å². The first-order valence-electron chi connectivity index (χ1n) is 5.16. The molecule has 0 aliphatic heterocycles. The molecule has 0 aromatic carbocycles. The number of carbonyl (C=O) groups excluding carboxylic acids is 1. The monoisotopic (exact) mass is 232 g/mol. The van der Waals surface area contributed by atoms with Crippen molar-refractivity contribution in [1.82, 2.24) is 0 Å². The number of hydrogen-bond acceptors (Lipinski definition) is 3. The van der Waals surface area contributed by atoms with Gasteiger partial charge in [0.15, 0.2) is 0 Å². The average molecular weight is 232 g/mol. The molecule has 16 heavy (non-hydrogen) atoms. The van der Waals surface area contributed by atoms with Gasteiger partial charge in [-0.1, -0.05) is 13.0 Å². The van der Waals surface area contributed by atoms with Crippen molar-refractivity contribution < 1.29 is 15.3 Å². The second-order valence-electron chi connectivity index (χ2n) is 3.61. The van der Waals surface area contributed by atoms with Crippen molar-refractivity contribution >= 4 is 11.8 Å². The Morgan fingerprint density at radius 2 is 2.31 bits per heavy atom. The van der Waals surface area contributed by atoms with Crippen molar-refractivity contribution in [2.24, 2.45) is 16.6 Å². The zero-order chi connectivity index (χ0) is 12.6. The Labute approximate surface area is 96.9 Å². The van der Waals surface area contributed by atoms with Crippen LogP contribution in [0.1, 0.15) is 28.1 Å². The highest BCUT2D eigenvalue weighted by Gasteiger charge is 2.11. The molecule has 0 bridgehead atoms. The van der Waals surface area contributed by atoms with Crippen LogP contribution in [0.15, 0.2) is 16.9 Å². The molecule has 0 spiro atoms. The van der Waals surface area contributed by atoms with E-state index in [0.29, 0.717) is 18.7 Å². The molecule has 4 nitrogen and oxygen atoms in total. The summed E-state index contributed by atoms with van der Waals surface area (Å²) in [5, 5.41) is 0. The molecular weight excluding hydrogens is 211 g/mol. The van der Waals surface area contributed by atoms with E-state index in [9.17, 15) is 9.18 Å². The maximum Gasteiger partial charge on any atom is 0.308 e. The number of nitrogens with zero attached hydrogens (tertiary/aromatic N) is 1. The van der Waals surface area contributed by atoms with E-state index in [-0.39, 0.29) is 25.7 Å². The first-order chi connectivity index (χ1) is 7.47. The molecule has 5 heteroatoms. The lowest BCUT2D eigenvalue weighted by Gasteiger charge is -2.06. The lowest BCUT2D eigenvalue weighted by Crippen LogP contribution is -2.12. The minimum absolute atomic E-state index is 0. The van der Waals surface area contributed by atoms with Crippen LogP contribution in [0, 0.1) is 5.92 Å². The fourth-order valence-corrected chi connectivity index (χ4v) is 1.07. The van der Waals surface area contributed by atoms with E-state index in [4.69, 9.17) is 5.73 Å². The normalized spacial score (nSPS) is 14.8. The molecule has 94 valence electrons. The molecule has 2 N–H and O–H groups in total. The third kappa shape index (κ3) is 6.98. The van der Waals surface area contributed by atoms with E-state index in [2.05, 4.69) is 9.73 Å². The Kier molecular flexibility index (Phi) is 7.16. The second kappa shape index (κ2) is 7.84. The van der Waals surface area contributed by atoms with Gasteiger partial charge in [-0.05, 0) is 19.8 Å². The Bertz CT molecular complexity index is 289. The zero-order valence-electron chi connectivity index (χ0n) is 10.00. The molecule has 0 radical (unpaired) electrons. The van der Waals surface area contributed by atoms with E-state index in [1.165, 1.54) is 13.2 Å². The summed E-state index contributed by atoms with van der Waals surface area (Å²) in [4.78, 5) is 14.8. The third-order valence-electron chi connectivity index (χ3n) is 2.05. The highest BCUT2D eigenvalue weighted by molar-refractivity contribution is 5.77. The SMILES string of the molecule is COC(=O)[C@@H](C)CC/C=C(\F)CN=C(C)N.[HH]. The fraction of sp³-hybridized carbons (Fsp3) is 0.636. The van der Waals surface area contributed by atoms with Gasteiger partial charge in [0.25, 0.3) is 0 Å². The standard InChI is InChI=1S/C11H19FN2O2.H2/c1-8(11(15)16-3)5-4-6-10(12)7-14-9(2)13;/h6,8H,4-5,7H2,1-3H3,(H2,13,14);1H/b10-6-;/t8-;/m0./s1. The number of esters is 1. The van der Waals surface area contributed by atoms with Crippen molar-refractivity contribution in [3.05, 3.63) is 11.9 Å². The molecule has 0 saturated carbocycles. The number of methoxy groups -OCH3 is 1. The Hall–Kier alpha value is -1.39. The van der Waals surface area contributed by atoms with Gasteiger partial charge < -0.3 is 10.5 Å². The first kappa shape index (κ1) is 14.6. The lowest BCUT2D eigenvalue weighted by molar-refractivity contribution is -0.144. The highest BCUT2D eigenvalue weighted by atomic mass is 19.1. The molecule has 0 heterocycles. The van der Waals surface area contributed by atoms with E-state index >= 15 is 0 Å². The van der Waals surface area contributed by atoms with E-state index in [0.717, 1.165) is 0 Å². The summed E-state index contributed by atoms with van der Waals surface area (Å²) in [6.45, 7) is 3.32. The molecular formula is C11H21FN2O2. The minimum atomic E-state index is -0.332. The molecule has 0 fully saturated rings. The zero-order valence-corrected chi connectivity index (χ0v) is 10.00. The maximum atomic E-state index is 13.1. The molecule has 1 atom stereocenters. The molecule has 0 aliphatic carbocycles. The van der Waals surface area contributed by atoms with Gasteiger partial charge in [-0.3, -0.25) is 9.79 Å². The fourth-order valence-electron chi connectivity index (χ4n) is 1.07. The van der Waals surface area contributed by atoms with Gasteiger partial charge in [0, 0.05) is 1.43 Å². The summed E-state index contributed by atoms with van der Waals surface area (Å²) in [5.41, 5.74) is 5.27. The molecule has 0 aromatic rings. The predicted molar refractivity (Wildman–Crippen MR) is 63.9 cm³/mol. The topological polar surface area (TPSA) is 64.7 Å². The summed E-state index contributed by atoms with van der Waals surface area (Å²) in [7, 11) is 1.34. The molecule has 0 rings (SSSR count). The predicted octanol–water partition coefficient (Wildman–Crippen LogP) is 2.05. The number of halogens is 1. The van der Waals surface area contributed by atoms with Crippen LogP contribution in [-0.4, -0.2) is 25.5 Å². The Morgan fingerprint density at radius 3 is 2.81 bits per heavy atom. The average Bonchev–Trinajstić information content (AvgIpc) is 2.24. The number of aliphatic imine (C=N–C) groups is 1. The summed E-state index contributed by atoms with van der Waals surface area (Å²) < 4.78 is 17.6. The number of hydrogen-bond donors (Lipinski definition) is 1. The number of carbonyl (C=O) groups is 1. The van der Waals surface area contributed by atoms with Gasteiger partial charge in [0.1, 0.15) is 5.83 Å². The van der Waals surface area contributed by atoms with E-state index in [1.54, 1.807) is 13.8 Å². The summed E-state index contributed by atoms with van der Waals surface area (Å²) in [6, 6.07) is 0. The number of nitrogens with two attached hydrogens (primary N) is 1.